The van der Waals surface area contributed by atoms with Gasteiger partial charge in [0.2, 0.25) is 0 Å². The van der Waals surface area contributed by atoms with Crippen molar-refractivity contribution in [2.75, 3.05) is 13.7 Å². The van der Waals surface area contributed by atoms with E-state index in [1.165, 1.54) is 19.2 Å². The fourth-order valence-corrected chi connectivity index (χ4v) is 1.25. The molecule has 0 radical (unpaired) electrons. The van der Waals surface area contributed by atoms with Gasteiger partial charge in [0, 0.05) is 0 Å². The lowest BCUT2D eigenvalue weighted by Crippen LogP contribution is -2.18. The molecule has 2 N–H and O–H groups in total. The maximum atomic E-state index is 12.1. The first-order chi connectivity index (χ1) is 7.46. The van der Waals surface area contributed by atoms with Crippen LogP contribution < -0.4 is 15.2 Å². The van der Waals surface area contributed by atoms with Crippen molar-refractivity contribution in [1.82, 2.24) is 0 Å². The average Bonchev–Trinajstić information content (AvgIpc) is 2.16. The van der Waals surface area contributed by atoms with E-state index >= 15 is 0 Å². The molecule has 1 aromatic rings. The van der Waals surface area contributed by atoms with Gasteiger partial charge in [0.1, 0.15) is 0 Å². The molecule has 0 saturated heterocycles. The van der Waals surface area contributed by atoms with Crippen LogP contribution >= 0.6 is 0 Å². The van der Waals surface area contributed by atoms with Gasteiger partial charge in [0.25, 0.3) is 0 Å². The first kappa shape index (κ1) is 12.6. The molecule has 1 aromatic carbocycles. The molecule has 3 nitrogen and oxygen atoms in total. The van der Waals surface area contributed by atoms with Crippen LogP contribution in [0.4, 0.5) is 13.2 Å². The molecular weight excluding hydrogens is 223 g/mol. The minimum absolute atomic E-state index is 0.0399. The molecule has 0 atom stereocenters. The lowest BCUT2D eigenvalue weighted by Gasteiger charge is -2.13. The van der Waals surface area contributed by atoms with E-state index in [9.17, 15) is 13.2 Å². The maximum absolute atomic E-state index is 12.1. The van der Waals surface area contributed by atoms with Gasteiger partial charge in [0.05, 0.1) is 7.11 Å². The number of nitrogens with two attached hydrogens (primary N) is 1. The van der Waals surface area contributed by atoms with Crippen molar-refractivity contribution in [2.24, 2.45) is 5.73 Å². The molecule has 0 fully saturated rings. The molecule has 0 bridgehead atoms. The largest absolute Gasteiger partial charge is 0.573 e. The molecule has 16 heavy (non-hydrogen) atoms. The molecule has 0 amide bonds. The standard InChI is InChI=1S/C10H12F3NO2/c1-15-8-3-2-7(4-5-14)6-9(8)16-10(11,12)13/h2-3,6H,4-5,14H2,1H3. The predicted octanol–water partition coefficient (Wildman–Crippen LogP) is 2.09. The smallest absolute Gasteiger partial charge is 0.493 e. The summed E-state index contributed by atoms with van der Waals surface area (Å²) in [7, 11) is 1.28. The highest BCUT2D eigenvalue weighted by atomic mass is 19.4. The molecule has 0 heterocycles. The van der Waals surface area contributed by atoms with Crippen LogP contribution in [0.2, 0.25) is 0 Å². The Balaban J connectivity index is 2.97. The number of alkyl halides is 3. The van der Waals surface area contributed by atoms with Gasteiger partial charge in [-0.2, -0.15) is 0 Å². The Morgan fingerprint density at radius 1 is 1.25 bits per heavy atom. The summed E-state index contributed by atoms with van der Waals surface area (Å²) in [5.74, 6) is -0.306. The van der Waals surface area contributed by atoms with Crippen LogP contribution in [-0.4, -0.2) is 20.0 Å². The van der Waals surface area contributed by atoms with Crippen LogP contribution in [0.15, 0.2) is 18.2 Å². The maximum Gasteiger partial charge on any atom is 0.573 e. The van der Waals surface area contributed by atoms with Crippen molar-refractivity contribution in [3.8, 4) is 11.5 Å². The van der Waals surface area contributed by atoms with E-state index < -0.39 is 6.36 Å². The average molecular weight is 235 g/mol. The summed E-state index contributed by atoms with van der Waals surface area (Å²) in [6.07, 6.45) is -4.24. The number of hydrogen-bond donors (Lipinski definition) is 1. The molecule has 90 valence electrons. The second-order valence-electron chi connectivity index (χ2n) is 3.07. The van der Waals surface area contributed by atoms with Crippen molar-refractivity contribution in [3.05, 3.63) is 23.8 Å². The quantitative estimate of drug-likeness (QED) is 0.869. The number of benzene rings is 1. The van der Waals surface area contributed by atoms with Gasteiger partial charge in [-0.05, 0) is 30.7 Å². The van der Waals surface area contributed by atoms with Crippen molar-refractivity contribution in [2.45, 2.75) is 12.8 Å². The van der Waals surface area contributed by atoms with Crippen molar-refractivity contribution in [1.29, 1.82) is 0 Å². The number of methoxy groups -OCH3 is 1. The van der Waals surface area contributed by atoms with Gasteiger partial charge in [-0.1, -0.05) is 6.07 Å². The summed E-state index contributed by atoms with van der Waals surface area (Å²) in [5, 5.41) is 0. The van der Waals surface area contributed by atoms with Gasteiger partial charge in [-0.25, -0.2) is 0 Å². The van der Waals surface area contributed by atoms with Crippen LogP contribution in [0.5, 0.6) is 11.5 Å². The first-order valence-corrected chi connectivity index (χ1v) is 4.59. The normalized spacial score (nSPS) is 11.3. The van der Waals surface area contributed by atoms with Crippen LogP contribution in [0.1, 0.15) is 5.56 Å². The predicted molar refractivity (Wildman–Crippen MR) is 52.4 cm³/mol. The second-order valence-corrected chi connectivity index (χ2v) is 3.07. The Hall–Kier alpha value is -1.43. The zero-order valence-electron chi connectivity index (χ0n) is 8.67. The molecule has 0 saturated carbocycles. The number of hydrogen-bond acceptors (Lipinski definition) is 3. The third-order valence-corrected chi connectivity index (χ3v) is 1.89. The molecule has 0 aliphatic rings. The molecule has 0 aromatic heterocycles. The summed E-state index contributed by atoms with van der Waals surface area (Å²) >= 11 is 0. The molecule has 0 aliphatic carbocycles. The van der Waals surface area contributed by atoms with Gasteiger partial charge in [-0.3, -0.25) is 0 Å². The highest BCUT2D eigenvalue weighted by Gasteiger charge is 2.32. The fourth-order valence-electron chi connectivity index (χ4n) is 1.25. The summed E-state index contributed by atoms with van der Waals surface area (Å²) < 4.78 is 44.8. The summed E-state index contributed by atoms with van der Waals surface area (Å²) in [4.78, 5) is 0. The van der Waals surface area contributed by atoms with Crippen LogP contribution in [0, 0.1) is 0 Å². The minimum atomic E-state index is -4.73. The van der Waals surface area contributed by atoms with E-state index in [-0.39, 0.29) is 11.5 Å². The van der Waals surface area contributed by atoms with Crippen LogP contribution in [-0.2, 0) is 6.42 Å². The first-order valence-electron chi connectivity index (χ1n) is 4.59. The Morgan fingerprint density at radius 2 is 1.94 bits per heavy atom. The van der Waals surface area contributed by atoms with E-state index in [2.05, 4.69) is 4.74 Å². The Kier molecular flexibility index (Phi) is 4.00. The molecular formula is C10H12F3NO2. The van der Waals surface area contributed by atoms with Crippen molar-refractivity contribution >= 4 is 0 Å². The summed E-state index contributed by atoms with van der Waals surface area (Å²) in [6, 6.07) is 4.35. The second kappa shape index (κ2) is 5.07. The number of halogens is 3. The van der Waals surface area contributed by atoms with E-state index in [1.807, 2.05) is 0 Å². The molecule has 0 unspecified atom stereocenters. The Morgan fingerprint density at radius 3 is 2.44 bits per heavy atom. The molecule has 6 heteroatoms. The summed E-state index contributed by atoms with van der Waals surface area (Å²) in [6.45, 7) is 0.359. The highest BCUT2D eigenvalue weighted by Crippen LogP contribution is 2.32. The number of rotatable bonds is 4. The minimum Gasteiger partial charge on any atom is -0.493 e. The zero-order valence-corrected chi connectivity index (χ0v) is 8.67. The SMILES string of the molecule is COc1ccc(CCN)cc1OC(F)(F)F. The Labute approximate surface area is 91.0 Å². The van der Waals surface area contributed by atoms with Crippen molar-refractivity contribution < 1.29 is 22.6 Å². The van der Waals surface area contributed by atoms with E-state index in [4.69, 9.17) is 10.5 Å². The third kappa shape index (κ3) is 3.62. The zero-order chi connectivity index (χ0) is 12.2. The monoisotopic (exact) mass is 235 g/mol. The van der Waals surface area contributed by atoms with E-state index in [0.717, 1.165) is 0 Å². The van der Waals surface area contributed by atoms with Crippen LogP contribution in [0.3, 0.4) is 0 Å². The number of ether oxygens (including phenoxy) is 2. The van der Waals surface area contributed by atoms with E-state index in [1.54, 1.807) is 6.07 Å². The van der Waals surface area contributed by atoms with Crippen LogP contribution in [0.25, 0.3) is 0 Å². The van der Waals surface area contributed by atoms with Gasteiger partial charge in [-0.15, -0.1) is 13.2 Å². The van der Waals surface area contributed by atoms with Crippen molar-refractivity contribution in [3.63, 3.8) is 0 Å². The highest BCUT2D eigenvalue weighted by molar-refractivity contribution is 5.43. The Bertz CT molecular complexity index is 352. The lowest BCUT2D eigenvalue weighted by molar-refractivity contribution is -0.275. The molecule has 1 rings (SSSR count). The lowest BCUT2D eigenvalue weighted by atomic mass is 10.1. The van der Waals surface area contributed by atoms with Gasteiger partial charge >= 0.3 is 6.36 Å². The fraction of sp³-hybridized carbons (Fsp3) is 0.400. The van der Waals surface area contributed by atoms with E-state index in [0.29, 0.717) is 18.5 Å². The molecule has 0 spiro atoms. The molecule has 0 aliphatic heterocycles. The van der Waals surface area contributed by atoms with Gasteiger partial charge in [0.15, 0.2) is 11.5 Å². The summed E-state index contributed by atoms with van der Waals surface area (Å²) in [5.41, 5.74) is 5.98. The van der Waals surface area contributed by atoms with Gasteiger partial charge < -0.3 is 15.2 Å². The topological polar surface area (TPSA) is 44.5 Å². The third-order valence-electron chi connectivity index (χ3n) is 1.89.